The molecule has 1 amide bonds. The Hall–Kier alpha value is -0.760. The fraction of sp³-hybridized carbons (Fsp3) is 0.927. The Morgan fingerprint density at radius 3 is 1.56 bits per heavy atom. The van der Waals surface area contributed by atoms with Gasteiger partial charge in [0.2, 0.25) is 5.91 Å². The number of rotatable bonds is 38. The third kappa shape index (κ3) is 35.6. The summed E-state index contributed by atoms with van der Waals surface area (Å²) in [6, 6.07) is -0.799. The number of unbranched alkanes of at least 4 members (excludes halogenated alkanes) is 23. The molecule has 0 bridgehead atoms. The molecule has 0 spiro atoms. The van der Waals surface area contributed by atoms with Crippen molar-refractivity contribution in [2.45, 2.75) is 206 Å². The van der Waals surface area contributed by atoms with Crippen LogP contribution >= 0.6 is 7.82 Å². The Kier molecular flexibility index (Phi) is 33.5. The summed E-state index contributed by atoms with van der Waals surface area (Å²) in [4.78, 5) is 25.2. The van der Waals surface area contributed by atoms with Crippen molar-refractivity contribution < 1.29 is 32.9 Å². The van der Waals surface area contributed by atoms with E-state index in [1.807, 2.05) is 21.1 Å². The average Bonchev–Trinajstić information content (AvgIpc) is 3.06. The number of hydrogen-bond acceptors (Lipinski definition) is 6. The highest BCUT2D eigenvalue weighted by Crippen LogP contribution is 2.38. The van der Waals surface area contributed by atoms with E-state index >= 15 is 0 Å². The van der Waals surface area contributed by atoms with Gasteiger partial charge in [0.15, 0.2) is 0 Å². The van der Waals surface area contributed by atoms with Crippen molar-refractivity contribution in [3.8, 4) is 0 Å². The Labute approximate surface area is 310 Å². The zero-order valence-corrected chi connectivity index (χ0v) is 34.5. The van der Waals surface area contributed by atoms with Gasteiger partial charge in [0.1, 0.15) is 13.2 Å². The van der Waals surface area contributed by atoms with Gasteiger partial charge in [0, 0.05) is 6.42 Å². The van der Waals surface area contributed by atoms with Gasteiger partial charge in [-0.25, -0.2) is 0 Å². The largest absolute Gasteiger partial charge is 0.756 e. The molecule has 8 nitrogen and oxygen atoms in total. The van der Waals surface area contributed by atoms with Crippen LogP contribution in [0, 0.1) is 0 Å². The number of nitrogens with zero attached hydrogens (tertiary/aromatic N) is 1. The number of aliphatic hydroxyl groups excluding tert-OH is 1. The van der Waals surface area contributed by atoms with Crippen LogP contribution in [0.5, 0.6) is 0 Å². The number of hydrogen-bond donors (Lipinski definition) is 2. The molecular weight excluding hydrogens is 647 g/mol. The van der Waals surface area contributed by atoms with Crippen molar-refractivity contribution in [3.05, 3.63) is 12.2 Å². The lowest BCUT2D eigenvalue weighted by Crippen LogP contribution is -2.46. The van der Waals surface area contributed by atoms with Crippen LogP contribution in [0.1, 0.15) is 194 Å². The highest BCUT2D eigenvalue weighted by Gasteiger charge is 2.24. The second-order valence-electron chi connectivity index (χ2n) is 15.7. The molecule has 0 aliphatic carbocycles. The number of carbonyl (C=O) groups excluding carboxylic acids is 1. The molecule has 50 heavy (non-hydrogen) atoms. The predicted octanol–water partition coefficient (Wildman–Crippen LogP) is 10.6. The van der Waals surface area contributed by atoms with Crippen LogP contribution in [0.3, 0.4) is 0 Å². The lowest BCUT2D eigenvalue weighted by Gasteiger charge is -2.30. The fourth-order valence-electron chi connectivity index (χ4n) is 6.09. The summed E-state index contributed by atoms with van der Waals surface area (Å²) in [5.41, 5.74) is 0. The molecule has 0 radical (unpaired) electrons. The molecule has 298 valence electrons. The van der Waals surface area contributed by atoms with Gasteiger partial charge < -0.3 is 28.8 Å². The van der Waals surface area contributed by atoms with E-state index in [4.69, 9.17) is 9.05 Å². The van der Waals surface area contributed by atoms with Gasteiger partial charge in [-0.05, 0) is 38.5 Å². The maximum Gasteiger partial charge on any atom is 0.268 e. The van der Waals surface area contributed by atoms with Crippen molar-refractivity contribution >= 4 is 13.7 Å². The molecule has 9 heteroatoms. The van der Waals surface area contributed by atoms with Gasteiger partial charge in [0.25, 0.3) is 7.82 Å². The summed E-state index contributed by atoms with van der Waals surface area (Å²) < 4.78 is 23.2. The van der Waals surface area contributed by atoms with Crippen molar-refractivity contribution in [1.29, 1.82) is 0 Å². The number of phosphoric acid groups is 1. The van der Waals surface area contributed by atoms with Gasteiger partial charge in [0.05, 0.1) is 39.9 Å². The molecule has 0 fully saturated rings. The Morgan fingerprint density at radius 2 is 1.10 bits per heavy atom. The number of aliphatic hydroxyl groups is 1. The molecule has 0 aromatic carbocycles. The maximum absolute atomic E-state index is 12.8. The molecule has 0 aliphatic rings. The molecule has 0 saturated heterocycles. The van der Waals surface area contributed by atoms with Crippen molar-refractivity contribution in [1.82, 2.24) is 5.32 Å². The van der Waals surface area contributed by atoms with Gasteiger partial charge in [-0.1, -0.05) is 161 Å². The topological polar surface area (TPSA) is 108 Å². The average molecular weight is 731 g/mol. The van der Waals surface area contributed by atoms with Crippen LogP contribution in [0.2, 0.25) is 0 Å². The van der Waals surface area contributed by atoms with E-state index in [-0.39, 0.29) is 19.1 Å². The SMILES string of the molecule is CCCCCCCC/C=C\CCCCCCCC(=O)N[C@@H](COP(=O)([O-])OCC[N+](C)(C)C)[C@H](O)CCCCCCCCCCCCCCC. The summed E-state index contributed by atoms with van der Waals surface area (Å²) >= 11 is 0. The first-order valence-corrected chi connectivity index (χ1v) is 22.5. The molecule has 0 aromatic rings. The number of allylic oxidation sites excluding steroid dienone is 2. The molecule has 1 unspecified atom stereocenters. The first kappa shape index (κ1) is 49.2. The smallest absolute Gasteiger partial charge is 0.268 e. The molecular formula is C41H83N2O6P. The maximum atomic E-state index is 12.8. The number of nitrogens with one attached hydrogen (secondary N) is 1. The van der Waals surface area contributed by atoms with E-state index in [1.54, 1.807) is 0 Å². The number of amides is 1. The van der Waals surface area contributed by atoms with Crippen molar-refractivity contribution in [2.24, 2.45) is 0 Å². The summed E-state index contributed by atoms with van der Waals surface area (Å²) in [6.45, 7) is 4.70. The zero-order chi connectivity index (χ0) is 37.2. The van der Waals surface area contributed by atoms with Crippen molar-refractivity contribution in [2.75, 3.05) is 40.9 Å². The Morgan fingerprint density at radius 1 is 0.680 bits per heavy atom. The number of likely N-dealkylation sites (N-methyl/N-ethyl adjacent to an activating group) is 1. The number of carbonyl (C=O) groups is 1. The highest BCUT2D eigenvalue weighted by atomic mass is 31.2. The Balaban J connectivity index is 4.41. The van der Waals surface area contributed by atoms with Crippen LogP contribution in [-0.4, -0.2) is 68.5 Å². The van der Waals surface area contributed by atoms with Gasteiger partial charge in [-0.15, -0.1) is 0 Å². The fourth-order valence-corrected chi connectivity index (χ4v) is 6.81. The normalized spacial score (nSPS) is 14.6. The summed E-state index contributed by atoms with van der Waals surface area (Å²) in [7, 11) is 1.30. The van der Waals surface area contributed by atoms with Gasteiger partial charge in [-0.2, -0.15) is 0 Å². The minimum absolute atomic E-state index is 0.0122. The lowest BCUT2D eigenvalue weighted by molar-refractivity contribution is -0.870. The summed E-state index contributed by atoms with van der Waals surface area (Å²) in [5.74, 6) is -0.174. The third-order valence-corrected chi connectivity index (χ3v) is 10.5. The summed E-state index contributed by atoms with van der Waals surface area (Å²) in [5, 5.41) is 13.9. The standard InChI is InChI=1S/C41H83N2O6P/c1-6-8-10-12-14-16-18-20-21-23-25-27-29-31-33-35-41(45)42-39(38-49-50(46,47)48-37-36-43(3,4)5)40(44)34-32-30-28-26-24-22-19-17-15-13-11-9-7-2/h20-21,39-40,44H,6-19,22-38H2,1-5H3,(H-,42,45,46,47)/b21-20-/t39-,40+/m0/s1. The second kappa shape index (κ2) is 34.0. The number of quaternary nitrogens is 1. The molecule has 0 rings (SSSR count). The molecule has 3 atom stereocenters. The molecule has 0 aromatic heterocycles. The first-order chi connectivity index (χ1) is 24.0. The molecule has 0 heterocycles. The van der Waals surface area contributed by atoms with Crippen LogP contribution in [0.25, 0.3) is 0 Å². The Bertz CT molecular complexity index is 834. The van der Waals surface area contributed by atoms with Crippen LogP contribution in [-0.2, 0) is 18.4 Å². The van der Waals surface area contributed by atoms with Crippen molar-refractivity contribution in [3.63, 3.8) is 0 Å². The van der Waals surface area contributed by atoms with E-state index in [1.165, 1.54) is 116 Å². The molecule has 0 aliphatic heterocycles. The minimum Gasteiger partial charge on any atom is -0.756 e. The molecule has 2 N–H and O–H groups in total. The van der Waals surface area contributed by atoms with Gasteiger partial charge >= 0.3 is 0 Å². The van der Waals surface area contributed by atoms with Gasteiger partial charge in [-0.3, -0.25) is 9.36 Å². The predicted molar refractivity (Wildman–Crippen MR) is 210 cm³/mol. The first-order valence-electron chi connectivity index (χ1n) is 21.0. The minimum atomic E-state index is -4.56. The summed E-state index contributed by atoms with van der Waals surface area (Å²) in [6.07, 6.45) is 36.3. The monoisotopic (exact) mass is 731 g/mol. The van der Waals surface area contributed by atoms with E-state index in [9.17, 15) is 19.4 Å². The third-order valence-electron chi connectivity index (χ3n) is 9.50. The van der Waals surface area contributed by atoms with E-state index in [0.717, 1.165) is 51.4 Å². The van der Waals surface area contributed by atoms with Crippen LogP contribution in [0.15, 0.2) is 12.2 Å². The van der Waals surface area contributed by atoms with E-state index in [0.29, 0.717) is 23.9 Å². The van der Waals surface area contributed by atoms with E-state index < -0.39 is 20.0 Å². The number of phosphoric ester groups is 1. The molecule has 0 saturated carbocycles. The highest BCUT2D eigenvalue weighted by molar-refractivity contribution is 7.45. The lowest BCUT2D eigenvalue weighted by atomic mass is 10.0. The zero-order valence-electron chi connectivity index (χ0n) is 33.6. The van der Waals surface area contributed by atoms with Crippen LogP contribution < -0.4 is 10.2 Å². The second-order valence-corrected chi connectivity index (χ2v) is 17.1. The quantitative estimate of drug-likeness (QED) is 0.0283. The van der Waals surface area contributed by atoms with Crippen LogP contribution in [0.4, 0.5) is 0 Å². The van der Waals surface area contributed by atoms with E-state index in [2.05, 4.69) is 31.3 Å².